The number of carbonyl (C=O) groups excluding carboxylic acids is 2. The van der Waals surface area contributed by atoms with Crippen LogP contribution < -0.4 is 10.0 Å². The Morgan fingerprint density at radius 3 is 2.23 bits per heavy atom. The monoisotopic (exact) mass is 640 g/mol. The van der Waals surface area contributed by atoms with Gasteiger partial charge < -0.3 is 14.8 Å². The summed E-state index contributed by atoms with van der Waals surface area (Å²) in [5.41, 5.74) is 3.90. The lowest BCUT2D eigenvalue weighted by Gasteiger charge is -2.19. The Balaban J connectivity index is 1.59. The summed E-state index contributed by atoms with van der Waals surface area (Å²) in [6, 6.07) is 19.6. The van der Waals surface area contributed by atoms with Crippen LogP contribution >= 0.6 is 11.6 Å². The van der Waals surface area contributed by atoms with E-state index in [2.05, 4.69) is 10.0 Å². The van der Waals surface area contributed by atoms with Crippen LogP contribution in [0.4, 0.5) is 4.79 Å². The van der Waals surface area contributed by atoms with Crippen molar-refractivity contribution < 1.29 is 27.5 Å². The third kappa shape index (κ3) is 11.1. The molecule has 3 rings (SSSR count). The molecule has 0 fully saturated rings. The molecule has 0 bridgehead atoms. The summed E-state index contributed by atoms with van der Waals surface area (Å²) >= 11 is 6.10. The first-order chi connectivity index (χ1) is 21.0. The van der Waals surface area contributed by atoms with E-state index in [1.807, 2.05) is 55.5 Å². The zero-order valence-corrected chi connectivity index (χ0v) is 27.2. The van der Waals surface area contributed by atoms with Crippen LogP contribution in [0.5, 0.6) is 0 Å². The molecule has 0 radical (unpaired) electrons. The Hall–Kier alpha value is -3.66. The van der Waals surface area contributed by atoms with Gasteiger partial charge in [0.05, 0.1) is 10.8 Å². The van der Waals surface area contributed by atoms with E-state index in [9.17, 15) is 18.0 Å². The number of rotatable bonds is 15. The summed E-state index contributed by atoms with van der Waals surface area (Å²) in [4.78, 5) is 25.0. The maximum Gasteiger partial charge on any atom is 0.407 e. The van der Waals surface area contributed by atoms with Crippen molar-refractivity contribution in [2.45, 2.75) is 71.1 Å². The molecule has 0 aliphatic rings. The lowest BCUT2D eigenvalue weighted by Crippen LogP contribution is -2.35. The lowest BCUT2D eigenvalue weighted by atomic mass is 10.1. The fourth-order valence-corrected chi connectivity index (χ4v) is 6.64. The van der Waals surface area contributed by atoms with Gasteiger partial charge in [0.1, 0.15) is 13.2 Å². The van der Waals surface area contributed by atoms with E-state index in [0.29, 0.717) is 47.5 Å². The molecular weight excluding hydrogens is 600 g/mol. The zero-order valence-electron chi connectivity index (χ0n) is 25.6. The first-order valence-electron chi connectivity index (χ1n) is 14.6. The van der Waals surface area contributed by atoms with Gasteiger partial charge in [-0.05, 0) is 69.7 Å². The minimum absolute atomic E-state index is 0.0595. The molecule has 0 saturated carbocycles. The van der Waals surface area contributed by atoms with Gasteiger partial charge in [0, 0.05) is 23.2 Å². The first-order valence-corrected chi connectivity index (χ1v) is 16.5. The van der Waals surface area contributed by atoms with Crippen molar-refractivity contribution in [3.8, 4) is 0 Å². The first kappa shape index (κ1) is 34.8. The second-order valence-electron chi connectivity index (χ2n) is 10.8. The van der Waals surface area contributed by atoms with Crippen LogP contribution in [0.1, 0.15) is 54.0 Å². The van der Waals surface area contributed by atoms with E-state index in [0.717, 1.165) is 11.1 Å². The number of esters is 1. The van der Waals surface area contributed by atoms with Crippen LogP contribution in [-0.2, 0) is 37.5 Å². The average molecular weight is 641 g/mol. The number of aryl methyl sites for hydroxylation is 3. The van der Waals surface area contributed by atoms with Gasteiger partial charge in [0.15, 0.2) is 0 Å². The van der Waals surface area contributed by atoms with Crippen LogP contribution in [-0.4, -0.2) is 33.1 Å². The third-order valence-electron chi connectivity index (χ3n) is 6.94. The van der Waals surface area contributed by atoms with Crippen molar-refractivity contribution in [3.63, 3.8) is 0 Å². The molecule has 0 aliphatic carbocycles. The molecule has 2 N–H and O–H groups in total. The number of benzene rings is 3. The molecule has 0 saturated heterocycles. The van der Waals surface area contributed by atoms with Crippen LogP contribution in [0.3, 0.4) is 0 Å². The minimum atomic E-state index is -3.86. The van der Waals surface area contributed by atoms with E-state index in [1.165, 1.54) is 0 Å². The summed E-state index contributed by atoms with van der Waals surface area (Å²) in [5, 5.41) is 3.24. The molecule has 236 valence electrons. The fraction of sp³-hybridized carbons (Fsp3) is 0.353. The lowest BCUT2D eigenvalue weighted by molar-refractivity contribution is -0.147. The molecular formula is C34H41ClN2O6S. The Morgan fingerprint density at radius 1 is 0.886 bits per heavy atom. The Bertz CT molecular complexity index is 1520. The van der Waals surface area contributed by atoms with Crippen LogP contribution in [0.25, 0.3) is 0 Å². The Morgan fingerprint density at radius 2 is 1.55 bits per heavy atom. The summed E-state index contributed by atoms with van der Waals surface area (Å²) in [6.45, 7) is 7.76. The molecule has 3 aromatic carbocycles. The highest BCUT2D eigenvalue weighted by Gasteiger charge is 2.23. The number of carbonyl (C=O) groups is 2. The zero-order chi connectivity index (χ0) is 32.1. The summed E-state index contributed by atoms with van der Waals surface area (Å²) in [6.07, 6.45) is 4.44. The predicted octanol–water partition coefficient (Wildman–Crippen LogP) is 6.94. The van der Waals surface area contributed by atoms with Gasteiger partial charge in [0.2, 0.25) is 10.0 Å². The maximum absolute atomic E-state index is 13.5. The number of ether oxygens (including phenoxy) is 2. The van der Waals surface area contributed by atoms with Crippen molar-refractivity contribution in [1.82, 2.24) is 10.0 Å². The topological polar surface area (TPSA) is 111 Å². The number of amides is 1. The summed E-state index contributed by atoms with van der Waals surface area (Å²) < 4.78 is 40.5. The van der Waals surface area contributed by atoms with Gasteiger partial charge in [-0.1, -0.05) is 90.0 Å². The number of halogens is 1. The van der Waals surface area contributed by atoms with E-state index in [-0.39, 0.29) is 18.1 Å². The Kier molecular flexibility index (Phi) is 13.4. The Labute approximate surface area is 265 Å². The number of hydrogen-bond acceptors (Lipinski definition) is 6. The van der Waals surface area contributed by atoms with Gasteiger partial charge >= 0.3 is 12.1 Å². The smallest absolute Gasteiger partial charge is 0.407 e. The quantitative estimate of drug-likeness (QED) is 0.106. The molecule has 3 aromatic rings. The average Bonchev–Trinajstić information content (AvgIpc) is 2.97. The molecule has 0 aliphatic heterocycles. The molecule has 0 unspecified atom stereocenters. The van der Waals surface area contributed by atoms with Crippen LogP contribution in [0.15, 0.2) is 83.8 Å². The van der Waals surface area contributed by atoms with E-state index < -0.39 is 34.0 Å². The van der Waals surface area contributed by atoms with Crippen molar-refractivity contribution in [2.24, 2.45) is 5.92 Å². The summed E-state index contributed by atoms with van der Waals surface area (Å²) in [7, 11) is -3.86. The minimum Gasteiger partial charge on any atom is -0.460 e. The van der Waals surface area contributed by atoms with Crippen molar-refractivity contribution in [1.29, 1.82) is 0 Å². The molecule has 1 amide bonds. The second-order valence-corrected chi connectivity index (χ2v) is 12.9. The second kappa shape index (κ2) is 17.0. The SMILES string of the molecule is Cc1cc(C)c(S(=O)(=O)N[C@H](/C=C/[C@@H](C)C(=O)OCc2ccccc2)CCCCNC(=O)OCc2ccccc2Cl)c(C)c1. The molecule has 44 heavy (non-hydrogen) atoms. The number of hydrogen-bond donors (Lipinski definition) is 2. The number of unbranched alkanes of at least 4 members (excludes halogenated alkanes) is 1. The van der Waals surface area contributed by atoms with Crippen molar-refractivity contribution in [2.75, 3.05) is 6.54 Å². The maximum atomic E-state index is 13.5. The standard InChI is InChI=1S/C34H41ClN2O6S/c1-24-20-26(3)32(27(4)21-24)44(40,41)37-30(18-17-25(2)33(38)42-22-28-12-6-5-7-13-28)15-10-11-19-36-34(39)43-23-29-14-8-9-16-31(29)35/h5-9,12-14,16-18,20-21,25,30,37H,10-11,15,19,22-23H2,1-4H3,(H,36,39)/b18-17+/t25-,30+/m1/s1. The van der Waals surface area contributed by atoms with E-state index in [1.54, 1.807) is 51.1 Å². The normalized spacial score (nSPS) is 12.9. The third-order valence-corrected chi connectivity index (χ3v) is 9.10. The molecule has 10 heteroatoms. The molecule has 0 aromatic heterocycles. The number of alkyl carbamates (subject to hydrolysis) is 1. The predicted molar refractivity (Wildman–Crippen MR) is 173 cm³/mol. The highest BCUT2D eigenvalue weighted by molar-refractivity contribution is 7.89. The molecule has 0 heterocycles. The van der Waals surface area contributed by atoms with Gasteiger partial charge in [0.25, 0.3) is 0 Å². The van der Waals surface area contributed by atoms with E-state index >= 15 is 0 Å². The van der Waals surface area contributed by atoms with Crippen LogP contribution in [0, 0.1) is 26.7 Å². The molecule has 2 atom stereocenters. The van der Waals surface area contributed by atoms with Gasteiger partial charge in [-0.15, -0.1) is 0 Å². The van der Waals surface area contributed by atoms with Crippen molar-refractivity contribution >= 4 is 33.7 Å². The van der Waals surface area contributed by atoms with E-state index in [4.69, 9.17) is 21.1 Å². The highest BCUT2D eigenvalue weighted by atomic mass is 35.5. The molecule has 0 spiro atoms. The van der Waals surface area contributed by atoms with Crippen molar-refractivity contribution in [3.05, 3.63) is 112 Å². The van der Waals surface area contributed by atoms with Crippen LogP contribution in [0.2, 0.25) is 5.02 Å². The van der Waals surface area contributed by atoms with Gasteiger partial charge in [-0.2, -0.15) is 0 Å². The fourth-order valence-electron chi connectivity index (χ4n) is 4.77. The van der Waals surface area contributed by atoms with Gasteiger partial charge in [-0.25, -0.2) is 17.9 Å². The summed E-state index contributed by atoms with van der Waals surface area (Å²) in [5.74, 6) is -0.987. The van der Waals surface area contributed by atoms with Gasteiger partial charge in [-0.3, -0.25) is 4.79 Å². The number of nitrogens with one attached hydrogen (secondary N) is 2. The molecule has 8 nitrogen and oxygen atoms in total. The highest BCUT2D eigenvalue weighted by Crippen LogP contribution is 2.23. The largest absolute Gasteiger partial charge is 0.460 e. The number of sulfonamides is 1.